The summed E-state index contributed by atoms with van der Waals surface area (Å²) in [6.45, 7) is 1.92. The Hall–Kier alpha value is -0.260. The molecule has 0 unspecified atom stereocenters. The van der Waals surface area contributed by atoms with Gasteiger partial charge in [0, 0.05) is 0 Å². The number of nitrogens with two attached hydrogens (primary N) is 1. The van der Waals surface area contributed by atoms with Crippen molar-refractivity contribution in [1.82, 2.24) is 9.66 Å². The standard InChI is InChI=1S/C4H6IN3/c1-3-4(5)8(6)2-7-3/h2H,6H2,1H3. The summed E-state index contributed by atoms with van der Waals surface area (Å²) >= 11 is 2.14. The van der Waals surface area contributed by atoms with E-state index in [0.29, 0.717) is 0 Å². The molecule has 0 amide bonds. The van der Waals surface area contributed by atoms with Crippen molar-refractivity contribution in [3.05, 3.63) is 15.7 Å². The van der Waals surface area contributed by atoms with Crippen LogP contribution in [0.25, 0.3) is 0 Å². The first-order chi connectivity index (χ1) is 3.72. The van der Waals surface area contributed by atoms with Crippen LogP contribution in [0.2, 0.25) is 0 Å². The maximum atomic E-state index is 5.39. The van der Waals surface area contributed by atoms with E-state index < -0.39 is 0 Å². The van der Waals surface area contributed by atoms with Crippen molar-refractivity contribution in [2.75, 3.05) is 5.84 Å². The van der Waals surface area contributed by atoms with Crippen LogP contribution in [0.4, 0.5) is 0 Å². The van der Waals surface area contributed by atoms with Crippen LogP contribution in [0.5, 0.6) is 0 Å². The van der Waals surface area contributed by atoms with Gasteiger partial charge >= 0.3 is 0 Å². The average molecular weight is 223 g/mol. The highest BCUT2D eigenvalue weighted by Gasteiger charge is 1.96. The summed E-state index contributed by atoms with van der Waals surface area (Å²) in [6, 6.07) is 0. The Morgan fingerprint density at radius 1 is 1.88 bits per heavy atom. The van der Waals surface area contributed by atoms with Gasteiger partial charge in [-0.2, -0.15) is 0 Å². The summed E-state index contributed by atoms with van der Waals surface area (Å²) in [5.74, 6) is 5.39. The summed E-state index contributed by atoms with van der Waals surface area (Å²) in [5.41, 5.74) is 0.980. The predicted molar refractivity (Wildman–Crippen MR) is 39.8 cm³/mol. The number of aryl methyl sites for hydroxylation is 1. The Balaban J connectivity index is 3.19. The smallest absolute Gasteiger partial charge is 0.123 e. The molecule has 0 aliphatic rings. The van der Waals surface area contributed by atoms with E-state index in [1.165, 1.54) is 4.68 Å². The third-order valence-electron chi connectivity index (χ3n) is 0.901. The molecule has 0 spiro atoms. The number of imidazole rings is 1. The van der Waals surface area contributed by atoms with Gasteiger partial charge in [-0.05, 0) is 29.5 Å². The molecule has 44 valence electrons. The topological polar surface area (TPSA) is 43.8 Å². The van der Waals surface area contributed by atoms with Crippen LogP contribution in [-0.2, 0) is 0 Å². The second-order valence-electron chi connectivity index (χ2n) is 1.53. The van der Waals surface area contributed by atoms with Crippen LogP contribution in [-0.4, -0.2) is 9.66 Å². The molecule has 0 fully saturated rings. The predicted octanol–water partition coefficient (Wildman–Crippen LogP) is 0.510. The van der Waals surface area contributed by atoms with Gasteiger partial charge in [-0.3, -0.25) is 0 Å². The Labute approximate surface area is 61.0 Å². The fraction of sp³-hybridized carbons (Fsp3) is 0.250. The molecule has 0 radical (unpaired) electrons. The first-order valence-corrected chi connectivity index (χ1v) is 3.24. The minimum atomic E-state index is 0.980. The van der Waals surface area contributed by atoms with Crippen LogP contribution in [0, 0.1) is 10.6 Å². The van der Waals surface area contributed by atoms with Crippen LogP contribution >= 0.6 is 22.6 Å². The fourth-order valence-electron chi connectivity index (χ4n) is 0.440. The lowest BCUT2D eigenvalue weighted by Crippen LogP contribution is -2.07. The Bertz CT molecular complexity index is 174. The summed E-state index contributed by atoms with van der Waals surface area (Å²) in [6.07, 6.45) is 1.59. The van der Waals surface area contributed by atoms with Crippen molar-refractivity contribution >= 4 is 22.6 Å². The number of halogens is 1. The number of nitrogens with zero attached hydrogens (tertiary/aromatic N) is 2. The second kappa shape index (κ2) is 1.93. The van der Waals surface area contributed by atoms with Gasteiger partial charge in [0.05, 0.1) is 5.69 Å². The van der Waals surface area contributed by atoms with Crippen LogP contribution < -0.4 is 5.84 Å². The molecule has 0 atom stereocenters. The fourth-order valence-corrected chi connectivity index (χ4v) is 0.703. The molecule has 0 saturated carbocycles. The van der Waals surface area contributed by atoms with E-state index in [2.05, 4.69) is 27.6 Å². The number of rotatable bonds is 0. The molecule has 0 aliphatic carbocycles. The average Bonchev–Trinajstić information content (AvgIpc) is 1.98. The summed E-state index contributed by atoms with van der Waals surface area (Å²) in [4.78, 5) is 3.95. The van der Waals surface area contributed by atoms with Crippen molar-refractivity contribution < 1.29 is 0 Å². The highest BCUT2D eigenvalue weighted by molar-refractivity contribution is 14.1. The third kappa shape index (κ3) is 0.795. The lowest BCUT2D eigenvalue weighted by atomic mass is 10.6. The minimum absolute atomic E-state index is 0.980. The van der Waals surface area contributed by atoms with Crippen molar-refractivity contribution in [2.45, 2.75) is 6.92 Å². The first-order valence-electron chi connectivity index (χ1n) is 2.16. The van der Waals surface area contributed by atoms with E-state index in [9.17, 15) is 0 Å². The SMILES string of the molecule is Cc1ncn(N)c1I. The summed E-state index contributed by atoms with van der Waals surface area (Å²) in [7, 11) is 0. The van der Waals surface area contributed by atoms with Gasteiger partial charge in [0.2, 0.25) is 0 Å². The van der Waals surface area contributed by atoms with Gasteiger partial charge in [0.15, 0.2) is 0 Å². The molecule has 4 heteroatoms. The van der Waals surface area contributed by atoms with Gasteiger partial charge in [-0.1, -0.05) is 0 Å². The number of aromatic nitrogens is 2. The van der Waals surface area contributed by atoms with Gasteiger partial charge in [-0.25, -0.2) is 9.66 Å². The minimum Gasteiger partial charge on any atom is -0.337 e. The quantitative estimate of drug-likeness (QED) is 0.514. The zero-order valence-corrected chi connectivity index (χ0v) is 6.58. The van der Waals surface area contributed by atoms with Gasteiger partial charge in [0.25, 0.3) is 0 Å². The highest BCUT2D eigenvalue weighted by atomic mass is 127. The molecule has 1 heterocycles. The Morgan fingerprint density at radius 3 is 2.62 bits per heavy atom. The van der Waals surface area contributed by atoms with E-state index in [0.717, 1.165) is 9.39 Å². The van der Waals surface area contributed by atoms with E-state index in [1.807, 2.05) is 6.92 Å². The Kier molecular flexibility index (Phi) is 1.41. The van der Waals surface area contributed by atoms with Crippen LogP contribution in [0.1, 0.15) is 5.69 Å². The molecule has 1 rings (SSSR count). The van der Waals surface area contributed by atoms with Crippen molar-refractivity contribution in [3.63, 3.8) is 0 Å². The van der Waals surface area contributed by atoms with Crippen molar-refractivity contribution in [2.24, 2.45) is 0 Å². The molecule has 0 aliphatic heterocycles. The van der Waals surface area contributed by atoms with E-state index in [4.69, 9.17) is 5.84 Å². The van der Waals surface area contributed by atoms with Gasteiger partial charge < -0.3 is 5.84 Å². The van der Waals surface area contributed by atoms with Crippen molar-refractivity contribution in [3.8, 4) is 0 Å². The monoisotopic (exact) mass is 223 g/mol. The molecule has 8 heavy (non-hydrogen) atoms. The molecule has 1 aromatic rings. The lowest BCUT2D eigenvalue weighted by Gasteiger charge is -1.89. The molecular formula is C4H6IN3. The normalized spacial score (nSPS) is 9.75. The van der Waals surface area contributed by atoms with E-state index >= 15 is 0 Å². The molecule has 0 aromatic carbocycles. The maximum Gasteiger partial charge on any atom is 0.123 e. The number of hydrogen-bond acceptors (Lipinski definition) is 2. The second-order valence-corrected chi connectivity index (χ2v) is 2.55. The van der Waals surface area contributed by atoms with Crippen LogP contribution in [0.3, 0.4) is 0 Å². The highest BCUT2D eigenvalue weighted by Crippen LogP contribution is 2.04. The zero-order chi connectivity index (χ0) is 6.15. The van der Waals surface area contributed by atoms with E-state index in [1.54, 1.807) is 6.33 Å². The van der Waals surface area contributed by atoms with Crippen LogP contribution in [0.15, 0.2) is 6.33 Å². The number of nitrogen functional groups attached to an aromatic ring is 1. The Morgan fingerprint density at radius 2 is 2.50 bits per heavy atom. The maximum absolute atomic E-state index is 5.39. The molecule has 2 N–H and O–H groups in total. The summed E-state index contributed by atoms with van der Waals surface area (Å²) in [5, 5.41) is 0. The summed E-state index contributed by atoms with van der Waals surface area (Å²) < 4.78 is 2.48. The molecule has 0 saturated heterocycles. The van der Waals surface area contributed by atoms with Gasteiger partial charge in [0.1, 0.15) is 10.0 Å². The largest absolute Gasteiger partial charge is 0.337 e. The first kappa shape index (κ1) is 5.87. The molecular weight excluding hydrogens is 217 g/mol. The number of hydrogen-bond donors (Lipinski definition) is 1. The van der Waals surface area contributed by atoms with E-state index in [-0.39, 0.29) is 0 Å². The van der Waals surface area contributed by atoms with Crippen molar-refractivity contribution in [1.29, 1.82) is 0 Å². The molecule has 0 bridgehead atoms. The van der Waals surface area contributed by atoms with Gasteiger partial charge in [-0.15, -0.1) is 0 Å². The third-order valence-corrected chi connectivity index (χ3v) is 2.24. The molecule has 3 nitrogen and oxygen atoms in total. The molecule has 1 aromatic heterocycles. The zero-order valence-electron chi connectivity index (χ0n) is 4.43. The lowest BCUT2D eigenvalue weighted by molar-refractivity contribution is 0.970.